The van der Waals surface area contributed by atoms with Gasteiger partial charge < -0.3 is 56.3 Å². The number of aliphatic hydroxyl groups is 1. The van der Waals surface area contributed by atoms with E-state index >= 15 is 0 Å². The number of ether oxygens (including phenoxy) is 3. The van der Waals surface area contributed by atoms with Crippen LogP contribution in [0.3, 0.4) is 0 Å². The van der Waals surface area contributed by atoms with Gasteiger partial charge in [0.15, 0.2) is 23.0 Å². The van der Waals surface area contributed by atoms with E-state index in [9.17, 15) is 25.2 Å². The Morgan fingerprint density at radius 2 is 1.61 bits per heavy atom. The van der Waals surface area contributed by atoms with Crippen molar-refractivity contribution in [2.45, 2.75) is 51.3 Å². The maximum absolute atomic E-state index is 10.8. The molecule has 0 aliphatic carbocycles. The summed E-state index contributed by atoms with van der Waals surface area (Å²) in [6.45, 7) is 7.17. The highest BCUT2D eigenvalue weighted by Crippen LogP contribution is 2.40. The van der Waals surface area contributed by atoms with E-state index in [2.05, 4.69) is 16.0 Å². The smallest absolute Gasteiger partial charge is 0.316 e. The van der Waals surface area contributed by atoms with Crippen LogP contribution in [0.5, 0.6) is 34.5 Å². The molecule has 0 bridgehead atoms. The molecule has 4 rings (SSSR count). The number of phenols is 3. The van der Waals surface area contributed by atoms with Gasteiger partial charge in [0.25, 0.3) is 0 Å². The van der Waals surface area contributed by atoms with Crippen LogP contribution in [-0.2, 0) is 12.8 Å². The predicted octanol–water partition coefficient (Wildman–Crippen LogP) is 3.86. The summed E-state index contributed by atoms with van der Waals surface area (Å²) in [6, 6.07) is 10.9. The number of hydrogen-bond acceptors (Lipinski definition) is 10. The van der Waals surface area contributed by atoms with Gasteiger partial charge in [-0.05, 0) is 98.8 Å². The molecular formula is C32H44N4O8. The molecule has 9 N–H and O–H groups in total. The van der Waals surface area contributed by atoms with Gasteiger partial charge in [0.2, 0.25) is 5.75 Å². The number of hydrogen-bond donors (Lipinski definition) is 8. The minimum atomic E-state index is -0.769. The molecule has 0 aromatic heterocycles. The number of urea groups is 1. The molecular weight excluding hydrogens is 568 g/mol. The van der Waals surface area contributed by atoms with E-state index in [1.807, 2.05) is 32.9 Å². The lowest BCUT2D eigenvalue weighted by Gasteiger charge is -2.28. The second-order valence-electron chi connectivity index (χ2n) is 11.4. The lowest BCUT2D eigenvalue weighted by molar-refractivity contribution is 0.163. The number of phenolic OH excluding ortho intramolecular Hbond substituents is 3. The molecule has 12 heteroatoms. The Hall–Kier alpha value is -4.39. The number of fused-ring (bicyclic) bond motifs is 1. The molecule has 1 aliphatic rings. The fraction of sp³-hybridized carbons (Fsp3) is 0.406. The Kier molecular flexibility index (Phi) is 11.5. The van der Waals surface area contributed by atoms with Crippen LogP contribution in [0.15, 0.2) is 42.5 Å². The van der Waals surface area contributed by atoms with Gasteiger partial charge in [0.05, 0.1) is 33.1 Å². The first kappa shape index (κ1) is 34.1. The van der Waals surface area contributed by atoms with Gasteiger partial charge in [-0.15, -0.1) is 0 Å². The first-order valence-electron chi connectivity index (χ1n) is 14.2. The summed E-state index contributed by atoms with van der Waals surface area (Å²) in [4.78, 5) is 10.8. The van der Waals surface area contributed by atoms with Crippen LogP contribution >= 0.6 is 0 Å². The van der Waals surface area contributed by atoms with Crippen LogP contribution in [0.1, 0.15) is 55.2 Å². The van der Waals surface area contributed by atoms with Crippen molar-refractivity contribution in [2.75, 3.05) is 39.7 Å². The largest absolute Gasteiger partial charge is 0.506 e. The molecule has 44 heavy (non-hydrogen) atoms. The van der Waals surface area contributed by atoms with Crippen LogP contribution in [0.4, 0.5) is 10.5 Å². The van der Waals surface area contributed by atoms with E-state index in [1.54, 1.807) is 39.5 Å². The number of nitrogens with two attached hydrogens (primary N) is 1. The highest BCUT2D eigenvalue weighted by Gasteiger charge is 2.23. The summed E-state index contributed by atoms with van der Waals surface area (Å²) < 4.78 is 16.2. The molecule has 2 amide bonds. The highest BCUT2D eigenvalue weighted by atomic mass is 16.5. The third kappa shape index (κ3) is 9.06. The number of aromatic hydroxyl groups is 3. The third-order valence-corrected chi connectivity index (χ3v) is 7.05. The molecule has 0 radical (unpaired) electrons. The Bertz CT molecular complexity index is 1420. The average molecular weight is 613 g/mol. The number of methoxy groups -OCH3 is 3. The van der Waals surface area contributed by atoms with Crippen molar-refractivity contribution in [1.82, 2.24) is 10.6 Å². The molecule has 2 atom stereocenters. The van der Waals surface area contributed by atoms with Crippen LogP contribution in [0.2, 0.25) is 0 Å². The zero-order chi connectivity index (χ0) is 32.6. The fourth-order valence-electron chi connectivity index (χ4n) is 4.85. The summed E-state index contributed by atoms with van der Waals surface area (Å²) in [6.07, 6.45) is 0.760. The lowest BCUT2D eigenvalue weighted by Crippen LogP contribution is -2.38. The monoisotopic (exact) mass is 612 g/mol. The molecule has 0 saturated heterocycles. The second-order valence-corrected chi connectivity index (χ2v) is 11.4. The van der Waals surface area contributed by atoms with Gasteiger partial charge in [0, 0.05) is 18.1 Å². The van der Waals surface area contributed by atoms with Crippen molar-refractivity contribution in [3.63, 3.8) is 0 Å². The molecule has 240 valence electrons. The maximum atomic E-state index is 10.8. The van der Waals surface area contributed by atoms with Gasteiger partial charge >= 0.3 is 6.03 Å². The van der Waals surface area contributed by atoms with Crippen molar-refractivity contribution in [2.24, 2.45) is 5.73 Å². The summed E-state index contributed by atoms with van der Waals surface area (Å²) in [7, 11) is 4.76. The summed E-state index contributed by atoms with van der Waals surface area (Å²) in [5.41, 5.74) is 8.72. The molecule has 0 saturated carbocycles. The van der Waals surface area contributed by atoms with Crippen molar-refractivity contribution in [3.05, 3.63) is 64.7 Å². The number of aliphatic hydroxyl groups excluding tert-OH is 1. The normalized spacial score (nSPS) is 14.8. The fourth-order valence-corrected chi connectivity index (χ4v) is 4.85. The Morgan fingerprint density at radius 1 is 0.977 bits per heavy atom. The number of rotatable bonds is 9. The van der Waals surface area contributed by atoms with E-state index in [1.165, 1.54) is 12.1 Å². The van der Waals surface area contributed by atoms with Gasteiger partial charge in [-0.3, -0.25) is 0 Å². The number of benzene rings is 3. The Morgan fingerprint density at radius 3 is 2.18 bits per heavy atom. The molecule has 3 aromatic rings. The number of anilines is 1. The maximum Gasteiger partial charge on any atom is 0.316 e. The van der Waals surface area contributed by atoms with E-state index in [0.29, 0.717) is 35.8 Å². The number of primary amides is 1. The standard InChI is InChI=1S/C19H23NO5.C13H21N3O3/c1-23-17-7-11(8-18(24-2)19(17)25-3)6-14-13-10-16(22)15(21)9-12(13)4-5-20-14;1-13(2,3)15-7-11(18)8-4-5-10(17)9(6-8)16-12(14)19/h7-10,14,20-22H,4-6H2,1-3H3;4-6,11,15,17-18H,7H2,1-3H3,(H3,14,16,19). The van der Waals surface area contributed by atoms with Crippen LogP contribution in [-0.4, -0.2) is 66.4 Å². The topological polar surface area (TPSA) is 188 Å². The average Bonchev–Trinajstić information content (AvgIpc) is 2.97. The van der Waals surface area contributed by atoms with E-state index in [0.717, 1.165) is 29.7 Å². The number of β-amino-alcohol motifs (C(OH)–C–C–N with tert-alkyl or cyclic N) is 1. The number of carbonyl (C=O) groups excluding carboxylic acids is 1. The van der Waals surface area contributed by atoms with Crippen molar-refractivity contribution in [1.29, 1.82) is 0 Å². The minimum Gasteiger partial charge on any atom is -0.506 e. The zero-order valence-corrected chi connectivity index (χ0v) is 26.0. The first-order valence-corrected chi connectivity index (χ1v) is 14.2. The van der Waals surface area contributed by atoms with Crippen LogP contribution in [0, 0.1) is 0 Å². The van der Waals surface area contributed by atoms with Crippen LogP contribution in [0.25, 0.3) is 0 Å². The van der Waals surface area contributed by atoms with Crippen molar-refractivity contribution < 1.29 is 39.4 Å². The second kappa shape index (κ2) is 14.9. The SMILES string of the molecule is CC(C)(C)NCC(O)c1ccc(O)c(NC(N)=O)c1.COc1cc(CC2NCCc3cc(O)c(O)cc32)cc(OC)c1OC. The molecule has 1 aliphatic heterocycles. The van der Waals surface area contributed by atoms with E-state index < -0.39 is 12.1 Å². The third-order valence-electron chi connectivity index (χ3n) is 7.05. The van der Waals surface area contributed by atoms with Crippen LogP contribution < -0.4 is 35.9 Å². The first-order chi connectivity index (χ1) is 20.8. The van der Waals surface area contributed by atoms with Gasteiger partial charge in [0.1, 0.15) is 5.75 Å². The number of nitrogens with one attached hydrogen (secondary N) is 3. The predicted molar refractivity (Wildman–Crippen MR) is 168 cm³/mol. The molecule has 3 aromatic carbocycles. The van der Waals surface area contributed by atoms with Gasteiger partial charge in [-0.25, -0.2) is 4.79 Å². The van der Waals surface area contributed by atoms with E-state index in [-0.39, 0.29) is 34.5 Å². The van der Waals surface area contributed by atoms with Gasteiger partial charge in [-0.1, -0.05) is 6.07 Å². The highest BCUT2D eigenvalue weighted by molar-refractivity contribution is 5.89. The Balaban J connectivity index is 0.000000251. The van der Waals surface area contributed by atoms with Crippen molar-refractivity contribution in [3.8, 4) is 34.5 Å². The number of amides is 2. The molecule has 12 nitrogen and oxygen atoms in total. The summed E-state index contributed by atoms with van der Waals surface area (Å²) in [5.74, 6) is 1.51. The number of carbonyl (C=O) groups is 1. The molecule has 0 spiro atoms. The lowest BCUT2D eigenvalue weighted by atomic mass is 9.89. The molecule has 2 unspecified atom stereocenters. The molecule has 1 heterocycles. The van der Waals surface area contributed by atoms with E-state index in [4.69, 9.17) is 19.9 Å². The molecule has 0 fully saturated rings. The Labute approximate surface area is 257 Å². The minimum absolute atomic E-state index is 0.0260. The zero-order valence-electron chi connectivity index (χ0n) is 26.0. The summed E-state index contributed by atoms with van der Waals surface area (Å²) >= 11 is 0. The van der Waals surface area contributed by atoms with Crippen molar-refractivity contribution >= 4 is 11.7 Å². The summed E-state index contributed by atoms with van der Waals surface area (Å²) in [5, 5.41) is 48.1. The van der Waals surface area contributed by atoms with Gasteiger partial charge in [-0.2, -0.15) is 0 Å². The quantitative estimate of drug-likeness (QED) is 0.165.